The minimum Gasteiger partial charge on any atom is -0.395 e. The molecule has 0 saturated carbocycles. The lowest BCUT2D eigenvalue weighted by Crippen LogP contribution is -2.49. The van der Waals surface area contributed by atoms with Crippen molar-refractivity contribution in [1.29, 1.82) is 0 Å². The van der Waals surface area contributed by atoms with Crippen LogP contribution in [0, 0.1) is 10.1 Å². The third kappa shape index (κ3) is 3.66. The minimum absolute atomic E-state index is 0.0385. The van der Waals surface area contributed by atoms with Crippen molar-refractivity contribution < 1.29 is 14.8 Å². The second-order valence-electron chi connectivity index (χ2n) is 4.65. The molecule has 0 bridgehead atoms. The standard InChI is InChI=1S/C12H15ClN4O4/c13-11-10(7-9(8-14-11)17(20)21)12(19)16-3-1-15(2-4-16)5-6-18/h7-8,18H,1-6H2. The monoisotopic (exact) mass is 314 g/mol. The number of hydrogen-bond donors (Lipinski definition) is 1. The van der Waals surface area contributed by atoms with E-state index < -0.39 is 4.92 Å². The Morgan fingerprint density at radius 2 is 2.10 bits per heavy atom. The van der Waals surface area contributed by atoms with Crippen LogP contribution in [0.2, 0.25) is 5.15 Å². The number of pyridine rings is 1. The van der Waals surface area contributed by atoms with Crippen molar-refractivity contribution in [2.75, 3.05) is 39.3 Å². The molecule has 2 heterocycles. The Labute approximate surface area is 126 Å². The van der Waals surface area contributed by atoms with Gasteiger partial charge < -0.3 is 10.0 Å². The molecule has 1 aromatic heterocycles. The van der Waals surface area contributed by atoms with Gasteiger partial charge in [0.05, 0.1) is 17.1 Å². The fourth-order valence-electron chi connectivity index (χ4n) is 2.17. The van der Waals surface area contributed by atoms with E-state index in [-0.39, 0.29) is 28.9 Å². The molecule has 0 atom stereocenters. The number of aliphatic hydroxyl groups is 1. The fraction of sp³-hybridized carbons (Fsp3) is 0.500. The van der Waals surface area contributed by atoms with Gasteiger partial charge >= 0.3 is 0 Å². The summed E-state index contributed by atoms with van der Waals surface area (Å²) in [5, 5.41) is 19.6. The minimum atomic E-state index is -0.612. The van der Waals surface area contributed by atoms with Crippen LogP contribution in [-0.4, -0.2) is 70.1 Å². The highest BCUT2D eigenvalue weighted by Gasteiger charge is 2.25. The summed E-state index contributed by atoms with van der Waals surface area (Å²) < 4.78 is 0. The van der Waals surface area contributed by atoms with Gasteiger partial charge in [-0.1, -0.05) is 11.6 Å². The highest BCUT2D eigenvalue weighted by atomic mass is 35.5. The van der Waals surface area contributed by atoms with Gasteiger partial charge in [0.1, 0.15) is 11.3 Å². The van der Waals surface area contributed by atoms with Crippen molar-refractivity contribution in [3.63, 3.8) is 0 Å². The number of aromatic nitrogens is 1. The van der Waals surface area contributed by atoms with E-state index in [1.807, 2.05) is 4.90 Å². The molecular formula is C12H15ClN4O4. The number of piperazine rings is 1. The third-order valence-electron chi connectivity index (χ3n) is 3.34. The van der Waals surface area contributed by atoms with Gasteiger partial charge in [-0.25, -0.2) is 4.98 Å². The Morgan fingerprint density at radius 3 is 2.67 bits per heavy atom. The summed E-state index contributed by atoms with van der Waals surface area (Å²) in [5.41, 5.74) is -0.219. The summed E-state index contributed by atoms with van der Waals surface area (Å²) in [6.07, 6.45) is 1.03. The van der Waals surface area contributed by atoms with Crippen LogP contribution >= 0.6 is 11.6 Å². The molecule has 1 aliphatic heterocycles. The molecular weight excluding hydrogens is 300 g/mol. The third-order valence-corrected chi connectivity index (χ3v) is 3.64. The summed E-state index contributed by atoms with van der Waals surface area (Å²) in [5.74, 6) is -0.361. The van der Waals surface area contributed by atoms with Gasteiger partial charge in [0.15, 0.2) is 0 Å². The van der Waals surface area contributed by atoms with Gasteiger partial charge in [-0.15, -0.1) is 0 Å². The molecule has 0 aliphatic carbocycles. The maximum absolute atomic E-state index is 12.4. The largest absolute Gasteiger partial charge is 0.395 e. The molecule has 9 heteroatoms. The molecule has 0 spiro atoms. The van der Waals surface area contributed by atoms with Gasteiger partial charge in [-0.3, -0.25) is 19.8 Å². The number of aliphatic hydroxyl groups excluding tert-OH is 1. The Morgan fingerprint density at radius 1 is 1.43 bits per heavy atom. The number of hydrogen-bond acceptors (Lipinski definition) is 6. The number of nitro groups is 1. The molecule has 8 nitrogen and oxygen atoms in total. The van der Waals surface area contributed by atoms with E-state index >= 15 is 0 Å². The highest BCUT2D eigenvalue weighted by molar-refractivity contribution is 6.32. The number of halogens is 1. The van der Waals surface area contributed by atoms with Crippen LogP contribution in [0.1, 0.15) is 10.4 Å². The highest BCUT2D eigenvalue weighted by Crippen LogP contribution is 2.21. The van der Waals surface area contributed by atoms with Crippen LogP contribution in [0.25, 0.3) is 0 Å². The zero-order valence-electron chi connectivity index (χ0n) is 11.2. The summed E-state index contributed by atoms with van der Waals surface area (Å²) in [6, 6.07) is 1.15. The number of carbonyl (C=O) groups excluding carboxylic acids is 1. The first-order chi connectivity index (χ1) is 10.0. The first-order valence-electron chi connectivity index (χ1n) is 6.45. The predicted octanol–water partition coefficient (Wildman–Crippen LogP) is 0.393. The Hall–Kier alpha value is -1.77. The van der Waals surface area contributed by atoms with Crippen molar-refractivity contribution in [2.24, 2.45) is 0 Å². The van der Waals surface area contributed by atoms with Gasteiger partial charge in [0, 0.05) is 38.8 Å². The average molecular weight is 315 g/mol. The first kappa shape index (κ1) is 15.6. The quantitative estimate of drug-likeness (QED) is 0.490. The zero-order chi connectivity index (χ0) is 15.4. The van der Waals surface area contributed by atoms with Gasteiger partial charge in [-0.05, 0) is 0 Å². The predicted molar refractivity (Wildman–Crippen MR) is 75.3 cm³/mol. The van der Waals surface area contributed by atoms with Crippen LogP contribution in [0.4, 0.5) is 5.69 Å². The molecule has 1 N–H and O–H groups in total. The van der Waals surface area contributed by atoms with E-state index in [1.54, 1.807) is 4.90 Å². The first-order valence-corrected chi connectivity index (χ1v) is 6.83. The summed E-state index contributed by atoms with van der Waals surface area (Å²) in [6.45, 7) is 2.91. The Bertz CT molecular complexity index is 546. The van der Waals surface area contributed by atoms with E-state index in [2.05, 4.69) is 4.98 Å². The zero-order valence-corrected chi connectivity index (χ0v) is 12.0. The number of amides is 1. The van der Waals surface area contributed by atoms with E-state index in [0.717, 1.165) is 12.3 Å². The van der Waals surface area contributed by atoms with Gasteiger partial charge in [0.25, 0.3) is 11.6 Å². The molecule has 21 heavy (non-hydrogen) atoms. The van der Waals surface area contributed by atoms with Crippen molar-refractivity contribution in [3.05, 3.63) is 33.1 Å². The van der Waals surface area contributed by atoms with Crippen LogP contribution in [0.3, 0.4) is 0 Å². The average Bonchev–Trinajstić information content (AvgIpc) is 2.48. The molecule has 0 unspecified atom stereocenters. The maximum atomic E-state index is 12.4. The second-order valence-corrected chi connectivity index (χ2v) is 5.00. The fourth-order valence-corrected chi connectivity index (χ4v) is 2.36. The Balaban J connectivity index is 2.10. The van der Waals surface area contributed by atoms with Gasteiger partial charge in [-0.2, -0.15) is 0 Å². The van der Waals surface area contributed by atoms with E-state index in [1.165, 1.54) is 0 Å². The number of nitrogens with zero attached hydrogens (tertiary/aromatic N) is 4. The Kier molecular flexibility index (Phi) is 5.05. The van der Waals surface area contributed by atoms with E-state index in [0.29, 0.717) is 32.7 Å². The van der Waals surface area contributed by atoms with Crippen molar-refractivity contribution in [1.82, 2.24) is 14.8 Å². The van der Waals surface area contributed by atoms with Crippen LogP contribution in [-0.2, 0) is 0 Å². The van der Waals surface area contributed by atoms with Crippen molar-refractivity contribution in [3.8, 4) is 0 Å². The summed E-state index contributed by atoms with van der Waals surface area (Å²) in [4.78, 5) is 29.8. The van der Waals surface area contributed by atoms with Crippen molar-refractivity contribution in [2.45, 2.75) is 0 Å². The molecule has 0 aromatic carbocycles. The SMILES string of the molecule is O=C(c1cc([N+](=O)[O-])cnc1Cl)N1CCN(CCO)CC1. The van der Waals surface area contributed by atoms with E-state index in [4.69, 9.17) is 16.7 Å². The molecule has 1 aromatic rings. The molecule has 1 aliphatic rings. The molecule has 1 fully saturated rings. The second kappa shape index (κ2) is 6.79. The van der Waals surface area contributed by atoms with Crippen LogP contribution in [0.15, 0.2) is 12.3 Å². The summed E-state index contributed by atoms with van der Waals surface area (Å²) >= 11 is 5.87. The molecule has 2 rings (SSSR count). The number of carbonyl (C=O) groups is 1. The van der Waals surface area contributed by atoms with Crippen LogP contribution in [0.5, 0.6) is 0 Å². The van der Waals surface area contributed by atoms with Gasteiger partial charge in [0.2, 0.25) is 0 Å². The molecule has 114 valence electrons. The molecule has 1 amide bonds. The lowest BCUT2D eigenvalue weighted by atomic mass is 10.2. The molecule has 0 radical (unpaired) electrons. The number of β-amino-alcohol motifs (C(OH)–C–C–N with tert-alkyl or cyclic N) is 1. The van der Waals surface area contributed by atoms with E-state index in [9.17, 15) is 14.9 Å². The lowest BCUT2D eigenvalue weighted by molar-refractivity contribution is -0.385. The lowest BCUT2D eigenvalue weighted by Gasteiger charge is -2.34. The van der Waals surface area contributed by atoms with Crippen LogP contribution < -0.4 is 0 Å². The topological polar surface area (TPSA) is 99.8 Å². The van der Waals surface area contributed by atoms with Crippen molar-refractivity contribution >= 4 is 23.2 Å². The molecule has 1 saturated heterocycles. The smallest absolute Gasteiger partial charge is 0.288 e. The maximum Gasteiger partial charge on any atom is 0.288 e. The summed E-state index contributed by atoms with van der Waals surface area (Å²) in [7, 11) is 0. The normalized spacial score (nSPS) is 16.0. The number of rotatable bonds is 4.